The van der Waals surface area contributed by atoms with Gasteiger partial charge in [0.05, 0.1) is 4.92 Å². The van der Waals surface area contributed by atoms with Crippen molar-refractivity contribution >= 4 is 17.2 Å². The molecule has 0 aliphatic carbocycles. The van der Waals surface area contributed by atoms with Crippen molar-refractivity contribution < 1.29 is 9.72 Å². The highest BCUT2D eigenvalue weighted by molar-refractivity contribution is 6.03. The van der Waals surface area contributed by atoms with Crippen molar-refractivity contribution in [2.24, 2.45) is 5.73 Å². The molecule has 2 N–H and O–H groups in total. The smallest absolute Gasteiger partial charge is 0.269 e. The summed E-state index contributed by atoms with van der Waals surface area (Å²) in [6.45, 7) is 1.56. The summed E-state index contributed by atoms with van der Waals surface area (Å²) < 4.78 is 0. The van der Waals surface area contributed by atoms with Gasteiger partial charge in [-0.1, -0.05) is 0 Å². The first-order chi connectivity index (χ1) is 7.97. The van der Waals surface area contributed by atoms with Gasteiger partial charge in [0.1, 0.15) is 11.6 Å². The van der Waals surface area contributed by atoms with Gasteiger partial charge in [0.15, 0.2) is 0 Å². The zero-order chi connectivity index (χ0) is 13.0. The summed E-state index contributed by atoms with van der Waals surface area (Å²) in [7, 11) is 0. The highest BCUT2D eigenvalue weighted by atomic mass is 16.6. The van der Waals surface area contributed by atoms with Crippen LogP contribution in [0, 0.1) is 21.4 Å². The summed E-state index contributed by atoms with van der Waals surface area (Å²) in [6.07, 6.45) is 0. The number of carbonyl (C=O) groups is 1. The first kappa shape index (κ1) is 12.4. The molecule has 0 heterocycles. The number of hydrogen-bond donors (Lipinski definition) is 1. The molecule has 6 nitrogen and oxygen atoms in total. The maximum atomic E-state index is 11.0. The van der Waals surface area contributed by atoms with Crippen LogP contribution in [0.3, 0.4) is 0 Å². The third kappa shape index (κ3) is 2.66. The summed E-state index contributed by atoms with van der Waals surface area (Å²) in [6, 6.07) is 7.24. The predicted octanol–water partition coefficient (Wildman–Crippen LogP) is 1.38. The molecule has 1 amide bonds. The van der Waals surface area contributed by atoms with Crippen LogP contribution in [-0.4, -0.2) is 10.8 Å². The molecular weight excluding hydrogens is 222 g/mol. The molecule has 17 heavy (non-hydrogen) atoms. The molecule has 0 saturated heterocycles. The van der Waals surface area contributed by atoms with Crippen molar-refractivity contribution in [3.8, 4) is 6.07 Å². The van der Waals surface area contributed by atoms with Gasteiger partial charge in [0.25, 0.3) is 11.6 Å². The van der Waals surface area contributed by atoms with E-state index in [-0.39, 0.29) is 11.3 Å². The molecule has 1 aromatic rings. The van der Waals surface area contributed by atoms with Crippen LogP contribution in [0.4, 0.5) is 5.69 Å². The summed E-state index contributed by atoms with van der Waals surface area (Å²) in [5.74, 6) is -0.816. The highest BCUT2D eigenvalue weighted by Crippen LogP contribution is 2.20. The fourth-order valence-electron chi connectivity index (χ4n) is 1.30. The van der Waals surface area contributed by atoms with E-state index in [0.717, 1.165) is 0 Å². The zero-order valence-electron chi connectivity index (χ0n) is 9.01. The maximum Gasteiger partial charge on any atom is 0.269 e. The number of nitriles is 1. The molecule has 86 valence electrons. The third-order valence-electron chi connectivity index (χ3n) is 2.24. The van der Waals surface area contributed by atoms with Crippen LogP contribution in [0.15, 0.2) is 29.8 Å². The Morgan fingerprint density at radius 3 is 2.29 bits per heavy atom. The van der Waals surface area contributed by atoms with Gasteiger partial charge in [0.2, 0.25) is 0 Å². The molecule has 0 atom stereocenters. The van der Waals surface area contributed by atoms with Crippen molar-refractivity contribution in [3.63, 3.8) is 0 Å². The molecule has 0 radical (unpaired) electrons. The van der Waals surface area contributed by atoms with Crippen LogP contribution in [0.5, 0.6) is 0 Å². The predicted molar refractivity (Wildman–Crippen MR) is 60.5 cm³/mol. The zero-order valence-corrected chi connectivity index (χ0v) is 9.01. The summed E-state index contributed by atoms with van der Waals surface area (Å²) >= 11 is 0. The van der Waals surface area contributed by atoms with Crippen LogP contribution < -0.4 is 5.73 Å². The van der Waals surface area contributed by atoms with Crippen LogP contribution in [0.25, 0.3) is 5.57 Å². The number of primary amides is 1. The lowest BCUT2D eigenvalue weighted by Crippen LogP contribution is -2.14. The first-order valence-corrected chi connectivity index (χ1v) is 4.63. The minimum atomic E-state index is -0.816. The topological polar surface area (TPSA) is 110 Å². The average molecular weight is 231 g/mol. The summed E-state index contributed by atoms with van der Waals surface area (Å²) in [5.41, 5.74) is 5.77. The van der Waals surface area contributed by atoms with Gasteiger partial charge >= 0.3 is 0 Å². The van der Waals surface area contributed by atoms with Gasteiger partial charge in [0, 0.05) is 12.1 Å². The lowest BCUT2D eigenvalue weighted by molar-refractivity contribution is -0.384. The Morgan fingerprint density at radius 2 is 1.94 bits per heavy atom. The first-order valence-electron chi connectivity index (χ1n) is 4.63. The fraction of sp³-hybridized carbons (Fsp3) is 0.0909. The van der Waals surface area contributed by atoms with E-state index in [1.54, 1.807) is 13.0 Å². The summed E-state index contributed by atoms with van der Waals surface area (Å²) in [5, 5.41) is 19.2. The Hall–Kier alpha value is -2.68. The number of rotatable bonds is 3. The molecule has 6 heteroatoms. The van der Waals surface area contributed by atoms with Crippen molar-refractivity contribution in [3.05, 3.63) is 45.5 Å². The number of allylic oxidation sites excluding steroid dienone is 1. The number of benzene rings is 1. The summed E-state index contributed by atoms with van der Waals surface area (Å²) in [4.78, 5) is 20.9. The van der Waals surface area contributed by atoms with E-state index in [0.29, 0.717) is 11.1 Å². The number of non-ortho nitro benzene ring substituents is 1. The highest BCUT2D eigenvalue weighted by Gasteiger charge is 2.11. The van der Waals surface area contributed by atoms with Crippen LogP contribution in [0.1, 0.15) is 12.5 Å². The van der Waals surface area contributed by atoms with E-state index in [2.05, 4.69) is 0 Å². The Morgan fingerprint density at radius 1 is 1.41 bits per heavy atom. The van der Waals surface area contributed by atoms with E-state index in [1.165, 1.54) is 24.3 Å². The van der Waals surface area contributed by atoms with Crippen molar-refractivity contribution in [1.29, 1.82) is 5.26 Å². The Kier molecular flexibility index (Phi) is 3.57. The van der Waals surface area contributed by atoms with Gasteiger partial charge in [-0.25, -0.2) is 0 Å². The molecule has 0 bridgehead atoms. The number of carbonyl (C=O) groups excluding carboxylic acids is 1. The minimum Gasteiger partial charge on any atom is -0.365 e. The Labute approximate surface area is 97.1 Å². The molecule has 0 aliphatic heterocycles. The van der Waals surface area contributed by atoms with E-state index in [9.17, 15) is 14.9 Å². The minimum absolute atomic E-state index is 0.0564. The molecule has 0 aliphatic rings. The second-order valence-electron chi connectivity index (χ2n) is 3.28. The number of nitrogens with two attached hydrogens (primary N) is 1. The second kappa shape index (κ2) is 4.90. The maximum absolute atomic E-state index is 11.0. The average Bonchev–Trinajstić information content (AvgIpc) is 2.29. The number of amides is 1. The van der Waals surface area contributed by atoms with Gasteiger partial charge in [-0.2, -0.15) is 5.26 Å². The number of nitro groups is 1. The van der Waals surface area contributed by atoms with Crippen molar-refractivity contribution in [2.45, 2.75) is 6.92 Å². The molecule has 1 aromatic carbocycles. The molecule has 0 aromatic heterocycles. The van der Waals surface area contributed by atoms with E-state index in [4.69, 9.17) is 11.0 Å². The molecule has 1 rings (SSSR count). The standard InChI is InChI=1S/C11H9N3O3/c1-7(10(6-12)11(13)15)8-2-4-9(5-3-8)14(16)17/h2-5H,1H3,(H2,13,15)/b10-7-. The van der Waals surface area contributed by atoms with Gasteiger partial charge < -0.3 is 5.73 Å². The molecular formula is C11H9N3O3. The van der Waals surface area contributed by atoms with E-state index < -0.39 is 10.8 Å². The van der Waals surface area contributed by atoms with E-state index in [1.807, 2.05) is 0 Å². The normalized spacial score (nSPS) is 11.3. The lowest BCUT2D eigenvalue weighted by Gasteiger charge is -2.02. The SMILES string of the molecule is C/C(=C(\C#N)C(N)=O)c1ccc([N+](=O)[O-])cc1. The molecule has 0 saturated carbocycles. The van der Waals surface area contributed by atoms with Crippen molar-refractivity contribution in [2.75, 3.05) is 0 Å². The third-order valence-corrected chi connectivity index (χ3v) is 2.24. The van der Waals surface area contributed by atoms with Crippen LogP contribution in [-0.2, 0) is 4.79 Å². The lowest BCUT2D eigenvalue weighted by atomic mass is 10.0. The Balaban J connectivity index is 3.22. The van der Waals surface area contributed by atoms with Crippen LogP contribution in [0.2, 0.25) is 0 Å². The molecule has 0 spiro atoms. The second-order valence-corrected chi connectivity index (χ2v) is 3.28. The van der Waals surface area contributed by atoms with E-state index >= 15 is 0 Å². The fourth-order valence-corrected chi connectivity index (χ4v) is 1.30. The van der Waals surface area contributed by atoms with Gasteiger partial charge in [-0.05, 0) is 30.2 Å². The number of hydrogen-bond acceptors (Lipinski definition) is 4. The van der Waals surface area contributed by atoms with Gasteiger partial charge in [-0.3, -0.25) is 14.9 Å². The molecule has 0 unspecified atom stereocenters. The van der Waals surface area contributed by atoms with Crippen molar-refractivity contribution in [1.82, 2.24) is 0 Å². The van der Waals surface area contributed by atoms with Gasteiger partial charge in [-0.15, -0.1) is 0 Å². The molecule has 0 fully saturated rings. The number of nitrogens with zero attached hydrogens (tertiary/aromatic N) is 2. The number of nitro benzene ring substituents is 1. The Bertz CT molecular complexity index is 538. The van der Waals surface area contributed by atoms with Crippen LogP contribution >= 0.6 is 0 Å². The quantitative estimate of drug-likeness (QED) is 0.366. The largest absolute Gasteiger partial charge is 0.365 e. The monoisotopic (exact) mass is 231 g/mol.